The van der Waals surface area contributed by atoms with Crippen LogP contribution in [0.4, 0.5) is 4.39 Å². The third kappa shape index (κ3) is 4.46. The van der Waals surface area contributed by atoms with Gasteiger partial charge in [0.25, 0.3) is 5.91 Å². The predicted octanol–water partition coefficient (Wildman–Crippen LogP) is 4.15. The number of para-hydroxylation sites is 2. The number of carbonyl (C=O) groups excluding carboxylic acids is 2. The maximum Gasteiger partial charge on any atom is 0.252 e. The van der Waals surface area contributed by atoms with Gasteiger partial charge in [0.1, 0.15) is 11.3 Å². The summed E-state index contributed by atoms with van der Waals surface area (Å²) >= 11 is 5.89. The Morgan fingerprint density at radius 3 is 2.70 bits per heavy atom. The fraction of sp³-hybridized carbons (Fsp3) is 0.318. The minimum absolute atomic E-state index is 0.0171. The van der Waals surface area contributed by atoms with E-state index in [1.54, 1.807) is 4.90 Å². The Balaban J connectivity index is 1.25. The second-order valence-electron chi connectivity index (χ2n) is 7.30. The molecule has 1 aromatic heterocycles. The zero-order valence-corrected chi connectivity index (χ0v) is 17.0. The van der Waals surface area contributed by atoms with E-state index in [0.29, 0.717) is 13.1 Å². The molecule has 1 saturated heterocycles. The fourth-order valence-electron chi connectivity index (χ4n) is 3.65. The number of oxazole rings is 1. The minimum Gasteiger partial charge on any atom is -0.440 e. The van der Waals surface area contributed by atoms with E-state index < -0.39 is 11.7 Å². The molecule has 0 radical (unpaired) electrons. The summed E-state index contributed by atoms with van der Waals surface area (Å²) in [4.78, 5) is 31.0. The number of hydrogen-bond acceptors (Lipinski definition) is 4. The molecule has 0 bridgehead atoms. The molecule has 1 aliphatic heterocycles. The predicted molar refractivity (Wildman–Crippen MR) is 111 cm³/mol. The number of fused-ring (bicyclic) bond motifs is 1. The molecule has 1 N–H and O–H groups in total. The molecular weight excluding hydrogens is 409 g/mol. The van der Waals surface area contributed by atoms with Crippen molar-refractivity contribution in [2.45, 2.75) is 25.2 Å². The molecule has 2 amide bonds. The van der Waals surface area contributed by atoms with Crippen molar-refractivity contribution in [2.75, 3.05) is 19.6 Å². The average Bonchev–Trinajstić information content (AvgIpc) is 3.18. The number of nitrogens with zero attached hydrogens (tertiary/aromatic N) is 2. The Morgan fingerprint density at radius 1 is 1.20 bits per heavy atom. The highest BCUT2D eigenvalue weighted by molar-refractivity contribution is 6.33. The molecule has 0 atom stereocenters. The van der Waals surface area contributed by atoms with Crippen molar-refractivity contribution in [2.24, 2.45) is 0 Å². The molecule has 0 saturated carbocycles. The molecule has 0 unspecified atom stereocenters. The van der Waals surface area contributed by atoms with Crippen LogP contribution >= 0.6 is 11.6 Å². The first-order valence-electron chi connectivity index (χ1n) is 9.88. The second-order valence-corrected chi connectivity index (χ2v) is 7.71. The fourth-order valence-corrected chi connectivity index (χ4v) is 3.90. The third-order valence-electron chi connectivity index (χ3n) is 5.31. The van der Waals surface area contributed by atoms with E-state index in [1.165, 1.54) is 12.1 Å². The lowest BCUT2D eigenvalue weighted by Gasteiger charge is -2.30. The molecule has 0 spiro atoms. The number of hydrogen-bond donors (Lipinski definition) is 1. The summed E-state index contributed by atoms with van der Waals surface area (Å²) in [6, 6.07) is 11.3. The van der Waals surface area contributed by atoms with Crippen LogP contribution in [0.5, 0.6) is 0 Å². The molecule has 3 aromatic rings. The molecular formula is C22H21ClFN3O3. The van der Waals surface area contributed by atoms with Crippen molar-refractivity contribution in [1.29, 1.82) is 0 Å². The van der Waals surface area contributed by atoms with Crippen molar-refractivity contribution < 1.29 is 18.4 Å². The Morgan fingerprint density at radius 2 is 1.97 bits per heavy atom. The highest BCUT2D eigenvalue weighted by Crippen LogP contribution is 2.30. The van der Waals surface area contributed by atoms with Crippen LogP contribution in [0.25, 0.3) is 11.1 Å². The lowest BCUT2D eigenvalue weighted by Crippen LogP contribution is -2.39. The van der Waals surface area contributed by atoms with E-state index in [0.717, 1.165) is 35.9 Å². The van der Waals surface area contributed by atoms with Crippen LogP contribution in [0, 0.1) is 5.82 Å². The first kappa shape index (κ1) is 20.3. The summed E-state index contributed by atoms with van der Waals surface area (Å²) in [7, 11) is 0. The number of aromatic nitrogens is 1. The highest BCUT2D eigenvalue weighted by Gasteiger charge is 2.27. The molecule has 1 fully saturated rings. The molecule has 2 heterocycles. The summed E-state index contributed by atoms with van der Waals surface area (Å²) in [5.74, 6) is -0.0273. The van der Waals surface area contributed by atoms with E-state index in [-0.39, 0.29) is 35.4 Å². The van der Waals surface area contributed by atoms with E-state index in [2.05, 4.69) is 10.3 Å². The van der Waals surface area contributed by atoms with E-state index in [9.17, 15) is 14.0 Å². The van der Waals surface area contributed by atoms with Crippen molar-refractivity contribution in [3.8, 4) is 0 Å². The van der Waals surface area contributed by atoms with Gasteiger partial charge >= 0.3 is 0 Å². The van der Waals surface area contributed by atoms with Gasteiger partial charge in [0, 0.05) is 32.0 Å². The quantitative estimate of drug-likeness (QED) is 0.661. The molecule has 156 valence electrons. The Bertz CT molecular complexity index is 1040. The van der Waals surface area contributed by atoms with E-state index in [1.807, 2.05) is 24.3 Å². The molecule has 2 aromatic carbocycles. The van der Waals surface area contributed by atoms with Gasteiger partial charge in [-0.25, -0.2) is 9.37 Å². The zero-order valence-electron chi connectivity index (χ0n) is 16.2. The second kappa shape index (κ2) is 8.83. The SMILES string of the molecule is O=C(NCCC(=O)N1CCC(c2nc3ccccc3o2)CC1)c1ccc(F)cc1Cl. The summed E-state index contributed by atoms with van der Waals surface area (Å²) < 4.78 is 18.9. The Kier molecular flexibility index (Phi) is 5.99. The number of likely N-dealkylation sites (tertiary alicyclic amines) is 1. The van der Waals surface area contributed by atoms with Crippen LogP contribution in [0.3, 0.4) is 0 Å². The lowest BCUT2D eigenvalue weighted by atomic mass is 9.96. The molecule has 30 heavy (non-hydrogen) atoms. The van der Waals surface area contributed by atoms with Crippen molar-refractivity contribution in [3.05, 3.63) is 64.8 Å². The summed E-state index contributed by atoms with van der Waals surface area (Å²) in [5, 5.41) is 2.70. The normalized spacial score (nSPS) is 14.8. The standard InChI is InChI=1S/C22H21ClFN3O3/c23-17-13-15(24)5-6-16(17)21(29)25-10-7-20(28)27-11-8-14(9-12-27)22-26-18-3-1-2-4-19(18)30-22/h1-6,13-14H,7-12H2,(H,25,29). The maximum atomic E-state index is 13.1. The molecule has 8 heteroatoms. The summed E-state index contributed by atoms with van der Waals surface area (Å²) in [5.41, 5.74) is 1.82. The number of carbonyl (C=O) groups is 2. The number of piperidine rings is 1. The largest absolute Gasteiger partial charge is 0.440 e. The van der Waals surface area contributed by atoms with Gasteiger partial charge in [0.15, 0.2) is 11.5 Å². The van der Waals surface area contributed by atoms with Crippen LogP contribution in [-0.2, 0) is 4.79 Å². The smallest absolute Gasteiger partial charge is 0.252 e. The molecule has 4 rings (SSSR count). The highest BCUT2D eigenvalue weighted by atomic mass is 35.5. The van der Waals surface area contributed by atoms with Crippen molar-refractivity contribution in [3.63, 3.8) is 0 Å². The van der Waals surface area contributed by atoms with Gasteiger partial charge < -0.3 is 14.6 Å². The van der Waals surface area contributed by atoms with Crippen molar-refractivity contribution >= 4 is 34.5 Å². The van der Waals surface area contributed by atoms with E-state index in [4.69, 9.17) is 16.0 Å². The maximum absolute atomic E-state index is 13.1. The average molecular weight is 430 g/mol. The van der Waals surface area contributed by atoms with Gasteiger partial charge in [-0.2, -0.15) is 0 Å². The molecule has 1 aliphatic rings. The Hall–Kier alpha value is -2.93. The van der Waals surface area contributed by atoms with Crippen LogP contribution in [-0.4, -0.2) is 41.3 Å². The van der Waals surface area contributed by atoms with E-state index >= 15 is 0 Å². The number of amides is 2. The van der Waals surface area contributed by atoms with Gasteiger partial charge in [0.2, 0.25) is 5.91 Å². The number of benzene rings is 2. The number of rotatable bonds is 5. The monoisotopic (exact) mass is 429 g/mol. The van der Waals surface area contributed by atoms with Gasteiger partial charge in [-0.1, -0.05) is 23.7 Å². The molecule has 6 nitrogen and oxygen atoms in total. The lowest BCUT2D eigenvalue weighted by molar-refractivity contribution is -0.132. The number of halogens is 2. The molecule has 0 aliphatic carbocycles. The minimum atomic E-state index is -0.507. The van der Waals surface area contributed by atoms with Crippen molar-refractivity contribution in [1.82, 2.24) is 15.2 Å². The van der Waals surface area contributed by atoms with Crippen LogP contribution in [0.2, 0.25) is 5.02 Å². The summed E-state index contributed by atoms with van der Waals surface area (Å²) in [6.45, 7) is 1.44. The van der Waals surface area contributed by atoms with Gasteiger partial charge in [-0.15, -0.1) is 0 Å². The van der Waals surface area contributed by atoms with Crippen LogP contribution < -0.4 is 5.32 Å². The van der Waals surface area contributed by atoms with Gasteiger partial charge in [-0.3, -0.25) is 9.59 Å². The number of nitrogens with one attached hydrogen (secondary N) is 1. The first-order valence-corrected chi connectivity index (χ1v) is 10.3. The van der Waals surface area contributed by atoms with Crippen LogP contribution in [0.1, 0.15) is 41.4 Å². The van der Waals surface area contributed by atoms with Gasteiger partial charge in [-0.05, 0) is 43.2 Å². The Labute approximate surface area is 178 Å². The first-order chi connectivity index (χ1) is 14.5. The van der Waals surface area contributed by atoms with Gasteiger partial charge in [0.05, 0.1) is 10.6 Å². The van der Waals surface area contributed by atoms with Crippen LogP contribution in [0.15, 0.2) is 46.9 Å². The zero-order chi connectivity index (χ0) is 21.1. The topological polar surface area (TPSA) is 75.4 Å². The summed E-state index contributed by atoms with van der Waals surface area (Å²) in [6.07, 6.45) is 1.77. The third-order valence-corrected chi connectivity index (χ3v) is 5.62.